The lowest BCUT2D eigenvalue weighted by atomic mass is 9.67. The minimum atomic E-state index is -0.388. The Kier molecular flexibility index (Phi) is 5.10. The van der Waals surface area contributed by atoms with E-state index >= 15 is 0 Å². The third kappa shape index (κ3) is 3.65. The molecule has 5 nitrogen and oxygen atoms in total. The van der Waals surface area contributed by atoms with Crippen molar-refractivity contribution in [3.63, 3.8) is 0 Å². The number of hydrogen-bond acceptors (Lipinski definition) is 4. The number of carbonyl (C=O) groups excluding carboxylic acids is 1. The summed E-state index contributed by atoms with van der Waals surface area (Å²) in [4.78, 5) is 17.3. The summed E-state index contributed by atoms with van der Waals surface area (Å²) in [6, 6.07) is 14.1. The van der Waals surface area contributed by atoms with Crippen molar-refractivity contribution in [2.75, 3.05) is 19.0 Å². The Hall–Kier alpha value is -2.99. The van der Waals surface area contributed by atoms with Crippen LogP contribution in [0.1, 0.15) is 37.2 Å². The number of pyridine rings is 1. The van der Waals surface area contributed by atoms with Gasteiger partial charge in [-0.15, -0.1) is 0 Å². The summed E-state index contributed by atoms with van der Waals surface area (Å²) < 4.78 is 25.0. The Balaban J connectivity index is 1.27. The highest BCUT2D eigenvalue weighted by atomic mass is 19.1. The summed E-state index contributed by atoms with van der Waals surface area (Å²) in [7, 11) is 1.62. The summed E-state index contributed by atoms with van der Waals surface area (Å²) in [6.45, 7) is 0.454. The van der Waals surface area contributed by atoms with E-state index in [1.165, 1.54) is 6.07 Å². The maximum absolute atomic E-state index is 13.8. The third-order valence-electron chi connectivity index (χ3n) is 6.86. The third-order valence-corrected chi connectivity index (χ3v) is 6.86. The molecule has 2 fully saturated rings. The van der Waals surface area contributed by atoms with Crippen LogP contribution >= 0.6 is 0 Å². The monoisotopic (exact) mass is 420 g/mol. The van der Waals surface area contributed by atoms with Crippen molar-refractivity contribution >= 4 is 22.5 Å². The molecule has 1 amide bonds. The molecule has 0 bridgehead atoms. The predicted octanol–water partition coefficient (Wildman–Crippen LogP) is 5.06. The van der Waals surface area contributed by atoms with Gasteiger partial charge in [-0.05, 0) is 85.7 Å². The molecule has 160 valence electrons. The number of nitrogens with zero attached hydrogens (tertiary/aromatic N) is 1. The van der Waals surface area contributed by atoms with Crippen LogP contribution in [0.15, 0.2) is 54.7 Å². The lowest BCUT2D eigenvalue weighted by molar-refractivity contribution is -0.216. The summed E-state index contributed by atoms with van der Waals surface area (Å²) in [5.41, 5.74) is 2.32. The molecule has 6 heteroatoms. The van der Waals surface area contributed by atoms with Gasteiger partial charge in [-0.25, -0.2) is 4.39 Å². The molecule has 0 radical (unpaired) electrons. The SMILES string of the molecule is COc1ccc(NC(=O)C2COC23CCC(c2ccnc4ccc(F)cc24)CC3)cc1. The van der Waals surface area contributed by atoms with Gasteiger partial charge in [0.1, 0.15) is 11.6 Å². The number of halogens is 1. The van der Waals surface area contributed by atoms with Crippen LogP contribution in [0.25, 0.3) is 10.9 Å². The van der Waals surface area contributed by atoms with Crippen LogP contribution < -0.4 is 10.1 Å². The number of ether oxygens (including phenoxy) is 2. The van der Waals surface area contributed by atoms with Crippen LogP contribution in [0.5, 0.6) is 5.75 Å². The number of anilines is 1. The van der Waals surface area contributed by atoms with Crippen molar-refractivity contribution in [1.29, 1.82) is 0 Å². The van der Waals surface area contributed by atoms with E-state index in [-0.39, 0.29) is 23.2 Å². The predicted molar refractivity (Wildman–Crippen MR) is 117 cm³/mol. The Bertz CT molecular complexity index is 1110. The first-order chi connectivity index (χ1) is 15.1. The minimum absolute atomic E-state index is 0.00583. The van der Waals surface area contributed by atoms with Crippen LogP contribution in [-0.2, 0) is 9.53 Å². The average Bonchev–Trinajstić information content (AvgIpc) is 2.78. The molecule has 1 N–H and O–H groups in total. The maximum Gasteiger partial charge on any atom is 0.232 e. The van der Waals surface area contributed by atoms with E-state index in [4.69, 9.17) is 9.47 Å². The molecule has 1 aromatic heterocycles. The number of nitrogens with one attached hydrogen (secondary N) is 1. The van der Waals surface area contributed by atoms with Crippen LogP contribution in [0.4, 0.5) is 10.1 Å². The smallest absolute Gasteiger partial charge is 0.232 e. The highest BCUT2D eigenvalue weighted by molar-refractivity contribution is 5.94. The highest BCUT2D eigenvalue weighted by Gasteiger charge is 2.53. The second-order valence-electron chi connectivity index (χ2n) is 8.48. The molecule has 1 saturated heterocycles. The van der Waals surface area contributed by atoms with Crippen molar-refractivity contribution in [3.8, 4) is 5.75 Å². The van der Waals surface area contributed by atoms with Gasteiger partial charge in [0, 0.05) is 17.3 Å². The number of fused-ring (bicyclic) bond motifs is 1. The Morgan fingerprint density at radius 2 is 1.94 bits per heavy atom. The van der Waals surface area contributed by atoms with Gasteiger partial charge in [-0.1, -0.05) is 0 Å². The van der Waals surface area contributed by atoms with E-state index in [2.05, 4.69) is 10.3 Å². The van der Waals surface area contributed by atoms with Gasteiger partial charge in [-0.3, -0.25) is 9.78 Å². The van der Waals surface area contributed by atoms with Crippen LogP contribution in [0.2, 0.25) is 0 Å². The molecular weight excluding hydrogens is 395 g/mol. The summed E-state index contributed by atoms with van der Waals surface area (Å²) in [5.74, 6) is 0.677. The molecule has 1 saturated carbocycles. The van der Waals surface area contributed by atoms with E-state index in [0.717, 1.165) is 53.6 Å². The number of aromatic nitrogens is 1. The molecule has 1 aliphatic heterocycles. The molecule has 1 atom stereocenters. The maximum atomic E-state index is 13.8. The standard InChI is InChI=1S/C25H25FN2O3/c1-30-19-5-3-18(4-6-19)28-24(29)22-15-31-25(22)11-8-16(9-12-25)20-10-13-27-23-7-2-17(26)14-21(20)23/h2-7,10,13-14,16,22H,8-9,11-12,15H2,1H3,(H,28,29). The zero-order valence-electron chi connectivity index (χ0n) is 17.4. The van der Waals surface area contributed by atoms with E-state index in [9.17, 15) is 9.18 Å². The fourth-order valence-electron chi connectivity index (χ4n) is 5.03. The normalized spacial score (nSPS) is 25.2. The molecule has 2 aromatic carbocycles. The van der Waals surface area contributed by atoms with Crippen molar-refractivity contribution in [2.45, 2.75) is 37.2 Å². The molecular formula is C25H25FN2O3. The molecule has 1 aliphatic carbocycles. The number of hydrogen-bond donors (Lipinski definition) is 1. The summed E-state index contributed by atoms with van der Waals surface area (Å²) in [5, 5.41) is 3.90. The number of benzene rings is 2. The second kappa shape index (κ2) is 7.93. The fraction of sp³-hybridized carbons (Fsp3) is 0.360. The first-order valence-electron chi connectivity index (χ1n) is 10.7. The molecule has 5 rings (SSSR count). The molecule has 2 aliphatic rings. The zero-order chi connectivity index (χ0) is 21.4. The van der Waals surface area contributed by atoms with Crippen molar-refractivity contribution in [3.05, 3.63) is 66.1 Å². The Labute approximate surface area is 180 Å². The molecule has 2 heterocycles. The molecule has 3 aromatic rings. The van der Waals surface area contributed by atoms with Gasteiger partial charge in [0.15, 0.2) is 0 Å². The van der Waals surface area contributed by atoms with Crippen LogP contribution in [0.3, 0.4) is 0 Å². The highest BCUT2D eigenvalue weighted by Crippen LogP contribution is 2.49. The first-order valence-corrected chi connectivity index (χ1v) is 10.7. The summed E-state index contributed by atoms with van der Waals surface area (Å²) in [6.07, 6.45) is 5.24. The van der Waals surface area contributed by atoms with Crippen LogP contribution in [-0.4, -0.2) is 30.2 Å². The number of carbonyl (C=O) groups is 1. The average molecular weight is 420 g/mol. The van der Waals surface area contributed by atoms with Crippen LogP contribution in [0, 0.1) is 11.7 Å². The molecule has 1 unspecified atom stereocenters. The lowest BCUT2D eigenvalue weighted by Gasteiger charge is -2.52. The topological polar surface area (TPSA) is 60.5 Å². The van der Waals surface area contributed by atoms with Crippen molar-refractivity contribution in [1.82, 2.24) is 4.98 Å². The van der Waals surface area contributed by atoms with Crippen molar-refractivity contribution < 1.29 is 18.7 Å². The number of methoxy groups -OCH3 is 1. The van der Waals surface area contributed by atoms with Gasteiger partial charge in [0.25, 0.3) is 0 Å². The molecule has 1 spiro atoms. The van der Waals surface area contributed by atoms with E-state index in [0.29, 0.717) is 12.5 Å². The fourth-order valence-corrected chi connectivity index (χ4v) is 5.03. The lowest BCUT2D eigenvalue weighted by Crippen LogP contribution is -2.59. The van der Waals surface area contributed by atoms with E-state index in [1.807, 2.05) is 30.3 Å². The molecule has 31 heavy (non-hydrogen) atoms. The first kappa shape index (κ1) is 19.9. The van der Waals surface area contributed by atoms with Gasteiger partial charge >= 0.3 is 0 Å². The Morgan fingerprint density at radius 1 is 1.16 bits per heavy atom. The summed E-state index contributed by atoms with van der Waals surface area (Å²) >= 11 is 0. The van der Waals surface area contributed by atoms with Gasteiger partial charge in [0.05, 0.1) is 30.8 Å². The number of rotatable bonds is 4. The second-order valence-corrected chi connectivity index (χ2v) is 8.48. The zero-order valence-corrected chi connectivity index (χ0v) is 17.4. The van der Waals surface area contributed by atoms with Gasteiger partial charge in [-0.2, -0.15) is 0 Å². The number of amides is 1. The Morgan fingerprint density at radius 3 is 2.61 bits per heavy atom. The largest absolute Gasteiger partial charge is 0.497 e. The van der Waals surface area contributed by atoms with Gasteiger partial charge in [0.2, 0.25) is 5.91 Å². The quantitative estimate of drug-likeness (QED) is 0.641. The minimum Gasteiger partial charge on any atom is -0.497 e. The van der Waals surface area contributed by atoms with E-state index in [1.54, 1.807) is 25.4 Å². The van der Waals surface area contributed by atoms with E-state index < -0.39 is 0 Å². The van der Waals surface area contributed by atoms with Gasteiger partial charge < -0.3 is 14.8 Å². The van der Waals surface area contributed by atoms with Crippen molar-refractivity contribution in [2.24, 2.45) is 5.92 Å².